The third kappa shape index (κ3) is 4.65. The first-order valence-electron chi connectivity index (χ1n) is 10.6. The third-order valence-electron chi connectivity index (χ3n) is 5.91. The van der Waals surface area contributed by atoms with E-state index in [9.17, 15) is 18.0 Å². The molecule has 0 saturated carbocycles. The quantitative estimate of drug-likeness (QED) is 0.790. The van der Waals surface area contributed by atoms with E-state index in [2.05, 4.69) is 5.32 Å². The summed E-state index contributed by atoms with van der Waals surface area (Å²) in [7, 11) is -3.58. The number of benzene rings is 2. The van der Waals surface area contributed by atoms with Crippen molar-refractivity contribution in [2.45, 2.75) is 37.5 Å². The predicted octanol–water partition coefficient (Wildman–Crippen LogP) is 2.67. The molecular weight excluding hydrogens is 414 g/mol. The minimum atomic E-state index is -3.58. The van der Waals surface area contributed by atoms with Crippen molar-refractivity contribution in [1.29, 1.82) is 0 Å². The highest BCUT2D eigenvalue weighted by Crippen LogP contribution is 2.26. The SMILES string of the molecule is CC(=O)Nc1cccc(C(=O)N2CCN(S(=O)(=O)c3ccc4c(c3)CCCC4)CC2)c1. The Morgan fingerprint density at radius 2 is 1.61 bits per heavy atom. The number of rotatable bonds is 4. The number of carbonyl (C=O) groups excluding carboxylic acids is 2. The highest BCUT2D eigenvalue weighted by atomic mass is 32.2. The van der Waals surface area contributed by atoms with Crippen LogP contribution in [0.3, 0.4) is 0 Å². The molecule has 31 heavy (non-hydrogen) atoms. The van der Waals surface area contributed by atoms with Crippen LogP contribution in [0.25, 0.3) is 0 Å². The highest BCUT2D eigenvalue weighted by molar-refractivity contribution is 7.89. The molecular formula is C23H27N3O4S. The number of aryl methyl sites for hydroxylation is 2. The van der Waals surface area contributed by atoms with Crippen LogP contribution in [0.2, 0.25) is 0 Å². The van der Waals surface area contributed by atoms with Gasteiger partial charge in [0.1, 0.15) is 0 Å². The number of nitrogens with one attached hydrogen (secondary N) is 1. The summed E-state index contributed by atoms with van der Waals surface area (Å²) in [5.41, 5.74) is 3.42. The van der Waals surface area contributed by atoms with Crippen LogP contribution in [0.15, 0.2) is 47.4 Å². The first-order chi connectivity index (χ1) is 14.8. The standard InChI is InChI=1S/C23H27N3O4S/c1-17(27)24-21-8-4-7-20(15-21)23(28)25-11-13-26(14-12-25)31(29,30)22-10-9-18-5-2-3-6-19(18)16-22/h4,7-10,15-16H,2-3,5-6,11-14H2,1H3,(H,24,27). The molecule has 4 rings (SSSR count). The summed E-state index contributed by atoms with van der Waals surface area (Å²) in [4.78, 5) is 26.1. The van der Waals surface area contributed by atoms with Crippen LogP contribution in [-0.4, -0.2) is 55.6 Å². The van der Waals surface area contributed by atoms with Crippen LogP contribution in [0.1, 0.15) is 41.3 Å². The number of piperazine rings is 1. The lowest BCUT2D eigenvalue weighted by atomic mass is 9.92. The number of hydrogen-bond acceptors (Lipinski definition) is 4. The van der Waals surface area contributed by atoms with Crippen molar-refractivity contribution in [1.82, 2.24) is 9.21 Å². The fourth-order valence-corrected chi connectivity index (χ4v) is 5.74. The molecule has 0 radical (unpaired) electrons. The smallest absolute Gasteiger partial charge is 0.254 e. The first kappa shape index (κ1) is 21.5. The molecule has 0 atom stereocenters. The van der Waals surface area contributed by atoms with Gasteiger partial charge in [-0.2, -0.15) is 4.31 Å². The minimum Gasteiger partial charge on any atom is -0.336 e. The highest BCUT2D eigenvalue weighted by Gasteiger charge is 2.31. The van der Waals surface area contributed by atoms with E-state index in [0.29, 0.717) is 29.2 Å². The molecule has 164 valence electrons. The van der Waals surface area contributed by atoms with Gasteiger partial charge in [0.05, 0.1) is 4.90 Å². The summed E-state index contributed by atoms with van der Waals surface area (Å²) in [5.74, 6) is -0.372. The number of fused-ring (bicyclic) bond motifs is 1. The number of amides is 2. The maximum atomic E-state index is 13.1. The molecule has 0 spiro atoms. The van der Waals surface area contributed by atoms with E-state index in [1.807, 2.05) is 12.1 Å². The van der Waals surface area contributed by atoms with Crippen molar-refractivity contribution in [3.63, 3.8) is 0 Å². The maximum Gasteiger partial charge on any atom is 0.254 e. The van der Waals surface area contributed by atoms with Gasteiger partial charge in [-0.3, -0.25) is 9.59 Å². The summed E-state index contributed by atoms with van der Waals surface area (Å²) < 4.78 is 27.8. The second-order valence-corrected chi connectivity index (χ2v) is 10.0. The van der Waals surface area contributed by atoms with Crippen molar-refractivity contribution in [3.8, 4) is 0 Å². The van der Waals surface area contributed by atoms with Crippen LogP contribution in [0.5, 0.6) is 0 Å². The van der Waals surface area contributed by atoms with E-state index in [-0.39, 0.29) is 24.9 Å². The fraction of sp³-hybridized carbons (Fsp3) is 0.391. The molecule has 1 heterocycles. The van der Waals surface area contributed by atoms with Crippen LogP contribution < -0.4 is 5.32 Å². The van der Waals surface area contributed by atoms with Gasteiger partial charge in [0.2, 0.25) is 15.9 Å². The molecule has 1 N–H and O–H groups in total. The summed E-state index contributed by atoms with van der Waals surface area (Å²) in [6, 6.07) is 12.3. The molecule has 1 saturated heterocycles. The van der Waals surface area contributed by atoms with Crippen molar-refractivity contribution >= 4 is 27.5 Å². The number of carbonyl (C=O) groups is 2. The Morgan fingerprint density at radius 1 is 0.903 bits per heavy atom. The van der Waals surface area contributed by atoms with Crippen molar-refractivity contribution in [2.24, 2.45) is 0 Å². The third-order valence-corrected chi connectivity index (χ3v) is 7.81. The molecule has 2 aromatic carbocycles. The molecule has 8 heteroatoms. The van der Waals surface area contributed by atoms with Crippen LogP contribution in [0, 0.1) is 0 Å². The number of nitrogens with zero attached hydrogens (tertiary/aromatic N) is 2. The Labute approximate surface area is 183 Å². The van der Waals surface area contributed by atoms with Gasteiger partial charge in [-0.05, 0) is 67.1 Å². The summed E-state index contributed by atoms with van der Waals surface area (Å²) in [6.07, 6.45) is 4.20. The van der Waals surface area contributed by atoms with Crippen LogP contribution in [0.4, 0.5) is 5.69 Å². The second kappa shape index (κ2) is 8.80. The second-order valence-electron chi connectivity index (χ2n) is 8.10. The lowest BCUT2D eigenvalue weighted by Gasteiger charge is -2.34. The largest absolute Gasteiger partial charge is 0.336 e. The Kier molecular flexibility index (Phi) is 6.11. The fourth-order valence-electron chi connectivity index (χ4n) is 4.27. The van der Waals surface area contributed by atoms with Crippen molar-refractivity contribution in [2.75, 3.05) is 31.5 Å². The van der Waals surface area contributed by atoms with E-state index < -0.39 is 10.0 Å². The Bertz CT molecular complexity index is 1110. The number of sulfonamides is 1. The van der Waals surface area contributed by atoms with Gasteiger partial charge < -0.3 is 10.2 Å². The molecule has 1 aliphatic heterocycles. The lowest BCUT2D eigenvalue weighted by Crippen LogP contribution is -2.50. The Balaban J connectivity index is 1.43. The zero-order valence-electron chi connectivity index (χ0n) is 17.6. The van der Waals surface area contributed by atoms with Crippen molar-refractivity contribution in [3.05, 3.63) is 59.2 Å². The van der Waals surface area contributed by atoms with Crippen LogP contribution in [-0.2, 0) is 27.7 Å². The molecule has 0 unspecified atom stereocenters. The normalized spacial score (nSPS) is 17.1. The van der Waals surface area contributed by atoms with Gasteiger partial charge in [0.15, 0.2) is 0 Å². The van der Waals surface area contributed by atoms with E-state index in [1.165, 1.54) is 16.8 Å². The molecule has 2 aromatic rings. The Hall–Kier alpha value is -2.71. The first-order valence-corrected chi connectivity index (χ1v) is 12.1. The zero-order chi connectivity index (χ0) is 22.0. The maximum absolute atomic E-state index is 13.1. The average Bonchev–Trinajstić information content (AvgIpc) is 2.78. The molecule has 1 fully saturated rings. The molecule has 2 aliphatic rings. The molecule has 7 nitrogen and oxygen atoms in total. The molecule has 0 bridgehead atoms. The molecule has 1 aliphatic carbocycles. The monoisotopic (exact) mass is 441 g/mol. The Morgan fingerprint density at radius 3 is 2.32 bits per heavy atom. The van der Waals surface area contributed by atoms with E-state index >= 15 is 0 Å². The summed E-state index contributed by atoms with van der Waals surface area (Å²) in [5, 5.41) is 2.67. The average molecular weight is 442 g/mol. The summed E-state index contributed by atoms with van der Waals surface area (Å²) >= 11 is 0. The van der Waals surface area contributed by atoms with E-state index in [1.54, 1.807) is 35.2 Å². The molecule has 0 aromatic heterocycles. The minimum absolute atomic E-state index is 0.168. The van der Waals surface area contributed by atoms with Gasteiger partial charge in [0.25, 0.3) is 5.91 Å². The van der Waals surface area contributed by atoms with Gasteiger partial charge >= 0.3 is 0 Å². The zero-order valence-corrected chi connectivity index (χ0v) is 18.5. The topological polar surface area (TPSA) is 86.8 Å². The van der Waals surface area contributed by atoms with Crippen molar-refractivity contribution < 1.29 is 18.0 Å². The van der Waals surface area contributed by atoms with Gasteiger partial charge in [0, 0.05) is 44.4 Å². The van der Waals surface area contributed by atoms with Crippen LogP contribution >= 0.6 is 0 Å². The summed E-state index contributed by atoms with van der Waals surface area (Å²) in [6.45, 7) is 2.59. The van der Waals surface area contributed by atoms with Gasteiger partial charge in [-0.25, -0.2) is 8.42 Å². The predicted molar refractivity (Wildman–Crippen MR) is 118 cm³/mol. The lowest BCUT2D eigenvalue weighted by molar-refractivity contribution is -0.114. The number of anilines is 1. The number of hydrogen-bond donors (Lipinski definition) is 1. The van der Waals surface area contributed by atoms with E-state index in [0.717, 1.165) is 31.2 Å². The van der Waals surface area contributed by atoms with E-state index in [4.69, 9.17) is 0 Å². The van der Waals surface area contributed by atoms with Gasteiger partial charge in [-0.15, -0.1) is 0 Å². The molecule has 2 amide bonds. The van der Waals surface area contributed by atoms with Gasteiger partial charge in [-0.1, -0.05) is 12.1 Å².